The molecule has 0 nitrogen and oxygen atoms in total. The third-order valence-electron chi connectivity index (χ3n) is 2.93. The van der Waals surface area contributed by atoms with Crippen LogP contribution in [0, 0.1) is 0 Å². The van der Waals surface area contributed by atoms with Crippen molar-refractivity contribution in [2.75, 3.05) is 12.3 Å². The number of unbranched alkanes of at least 4 members (excludes halogenated alkanes) is 2. The second-order valence-electron chi connectivity index (χ2n) is 4.38. The normalized spacial score (nSPS) is 12.6. The standard InChI is InChI=1S/C13H29P.ClH/c1-5-8-11-14(12-9-6-2)13(4)10-7-3;/h13H,5-12H2,1-4H3;1H. The van der Waals surface area contributed by atoms with Gasteiger partial charge in [-0.3, -0.25) is 0 Å². The van der Waals surface area contributed by atoms with Crippen LogP contribution in [0.25, 0.3) is 0 Å². The van der Waals surface area contributed by atoms with E-state index in [9.17, 15) is 0 Å². The van der Waals surface area contributed by atoms with E-state index in [1.165, 1.54) is 50.8 Å². The fourth-order valence-corrected chi connectivity index (χ4v) is 5.05. The lowest BCUT2D eigenvalue weighted by molar-refractivity contribution is 0.763. The third-order valence-corrected chi connectivity index (χ3v) is 6.21. The number of hydrogen-bond donors (Lipinski definition) is 0. The Hall–Kier alpha value is 0.720. The zero-order valence-corrected chi connectivity index (χ0v) is 12.8. The van der Waals surface area contributed by atoms with E-state index in [0.717, 1.165) is 5.66 Å². The summed E-state index contributed by atoms with van der Waals surface area (Å²) in [6, 6.07) is 0. The van der Waals surface area contributed by atoms with Crippen LogP contribution in [0.4, 0.5) is 0 Å². The number of rotatable bonds is 9. The first-order valence-corrected chi connectivity index (χ1v) is 8.28. The van der Waals surface area contributed by atoms with Crippen molar-refractivity contribution >= 4 is 20.3 Å². The molecule has 0 N–H and O–H groups in total. The number of hydrogen-bond acceptors (Lipinski definition) is 0. The summed E-state index contributed by atoms with van der Waals surface area (Å²) in [5.41, 5.74) is 1.02. The van der Waals surface area contributed by atoms with E-state index in [2.05, 4.69) is 27.7 Å². The molecule has 0 aromatic carbocycles. The van der Waals surface area contributed by atoms with Gasteiger partial charge in [0.05, 0.1) is 0 Å². The first-order chi connectivity index (χ1) is 6.76. The molecule has 0 spiro atoms. The van der Waals surface area contributed by atoms with E-state index < -0.39 is 0 Å². The first kappa shape index (κ1) is 18.1. The fraction of sp³-hybridized carbons (Fsp3) is 1.00. The Morgan fingerprint density at radius 1 is 0.867 bits per heavy atom. The summed E-state index contributed by atoms with van der Waals surface area (Å²) < 4.78 is 0. The Labute approximate surface area is 105 Å². The summed E-state index contributed by atoms with van der Waals surface area (Å²) in [6.07, 6.45) is 11.6. The summed E-state index contributed by atoms with van der Waals surface area (Å²) in [5, 5.41) is 0. The predicted octanol–water partition coefficient (Wildman–Crippen LogP) is 5.68. The smallest absolute Gasteiger partial charge is 0.0238 e. The van der Waals surface area contributed by atoms with Crippen LogP contribution in [0.1, 0.15) is 66.2 Å². The minimum atomic E-state index is 0. The molecule has 0 fully saturated rings. The molecule has 0 heterocycles. The highest BCUT2D eigenvalue weighted by atomic mass is 35.5. The van der Waals surface area contributed by atoms with Gasteiger partial charge in [0.15, 0.2) is 0 Å². The van der Waals surface area contributed by atoms with Crippen molar-refractivity contribution in [2.24, 2.45) is 0 Å². The van der Waals surface area contributed by atoms with Gasteiger partial charge in [0.25, 0.3) is 0 Å². The molecular formula is C13H30ClP. The second kappa shape index (κ2) is 12.8. The molecule has 0 saturated carbocycles. The summed E-state index contributed by atoms with van der Waals surface area (Å²) in [7, 11) is 0.360. The molecule has 2 heteroatoms. The van der Waals surface area contributed by atoms with Gasteiger partial charge in [-0.1, -0.05) is 47.0 Å². The van der Waals surface area contributed by atoms with E-state index in [4.69, 9.17) is 0 Å². The van der Waals surface area contributed by atoms with Gasteiger partial charge >= 0.3 is 0 Å². The number of halogens is 1. The Morgan fingerprint density at radius 2 is 1.33 bits per heavy atom. The molecular weight excluding hydrogens is 223 g/mol. The van der Waals surface area contributed by atoms with Gasteiger partial charge in [-0.25, -0.2) is 0 Å². The van der Waals surface area contributed by atoms with Crippen LogP contribution >= 0.6 is 20.3 Å². The first-order valence-electron chi connectivity index (χ1n) is 6.50. The van der Waals surface area contributed by atoms with Crippen molar-refractivity contribution in [1.29, 1.82) is 0 Å². The van der Waals surface area contributed by atoms with Crippen LogP contribution in [0.15, 0.2) is 0 Å². The molecule has 0 radical (unpaired) electrons. The van der Waals surface area contributed by atoms with E-state index in [0.29, 0.717) is 7.92 Å². The lowest BCUT2D eigenvalue weighted by Gasteiger charge is -2.24. The summed E-state index contributed by atoms with van der Waals surface area (Å²) in [4.78, 5) is 0. The molecule has 1 unspecified atom stereocenters. The van der Waals surface area contributed by atoms with Crippen LogP contribution in [-0.4, -0.2) is 18.0 Å². The monoisotopic (exact) mass is 252 g/mol. The van der Waals surface area contributed by atoms with Crippen LogP contribution in [0.5, 0.6) is 0 Å². The molecule has 0 aliphatic rings. The fourth-order valence-electron chi connectivity index (χ4n) is 1.88. The van der Waals surface area contributed by atoms with Crippen LogP contribution in [0.2, 0.25) is 0 Å². The Balaban J connectivity index is 0. The van der Waals surface area contributed by atoms with Crippen LogP contribution in [0.3, 0.4) is 0 Å². The summed E-state index contributed by atoms with van der Waals surface area (Å²) in [6.45, 7) is 9.44. The largest absolute Gasteiger partial charge is 0.147 e. The van der Waals surface area contributed by atoms with Gasteiger partial charge in [-0.2, -0.15) is 0 Å². The second-order valence-corrected chi connectivity index (χ2v) is 7.33. The maximum Gasteiger partial charge on any atom is -0.0238 e. The quantitative estimate of drug-likeness (QED) is 0.463. The van der Waals surface area contributed by atoms with Gasteiger partial charge in [0.2, 0.25) is 0 Å². The average Bonchev–Trinajstić information content (AvgIpc) is 2.18. The Kier molecular flexibility index (Phi) is 15.4. The average molecular weight is 253 g/mol. The Bertz CT molecular complexity index is 109. The van der Waals surface area contributed by atoms with Gasteiger partial charge in [0, 0.05) is 0 Å². The minimum absolute atomic E-state index is 0. The van der Waals surface area contributed by atoms with Crippen molar-refractivity contribution in [3.63, 3.8) is 0 Å². The molecule has 0 bridgehead atoms. The van der Waals surface area contributed by atoms with Gasteiger partial charge in [-0.05, 0) is 37.2 Å². The van der Waals surface area contributed by atoms with Gasteiger partial charge in [0.1, 0.15) is 0 Å². The third kappa shape index (κ3) is 9.64. The Morgan fingerprint density at radius 3 is 1.67 bits per heavy atom. The maximum absolute atomic E-state index is 2.49. The van der Waals surface area contributed by atoms with Crippen molar-refractivity contribution < 1.29 is 0 Å². The lowest BCUT2D eigenvalue weighted by atomic mass is 10.3. The molecule has 0 saturated heterocycles. The molecule has 1 atom stereocenters. The summed E-state index contributed by atoms with van der Waals surface area (Å²) in [5.74, 6) is 0. The van der Waals surface area contributed by atoms with E-state index in [-0.39, 0.29) is 12.4 Å². The van der Waals surface area contributed by atoms with E-state index in [1.54, 1.807) is 0 Å². The molecule has 0 rings (SSSR count). The van der Waals surface area contributed by atoms with Crippen molar-refractivity contribution in [3.8, 4) is 0 Å². The maximum atomic E-state index is 2.49. The zero-order valence-electron chi connectivity index (χ0n) is 11.1. The highest BCUT2D eigenvalue weighted by molar-refractivity contribution is 7.58. The van der Waals surface area contributed by atoms with Crippen molar-refractivity contribution in [1.82, 2.24) is 0 Å². The lowest BCUT2D eigenvalue weighted by Crippen LogP contribution is -2.05. The molecule has 0 aliphatic heterocycles. The summed E-state index contributed by atoms with van der Waals surface area (Å²) >= 11 is 0. The minimum Gasteiger partial charge on any atom is -0.147 e. The topological polar surface area (TPSA) is 0 Å². The van der Waals surface area contributed by atoms with Crippen LogP contribution < -0.4 is 0 Å². The molecule has 0 aromatic rings. The van der Waals surface area contributed by atoms with E-state index >= 15 is 0 Å². The van der Waals surface area contributed by atoms with E-state index in [1.807, 2.05) is 0 Å². The van der Waals surface area contributed by atoms with Crippen molar-refractivity contribution in [2.45, 2.75) is 71.9 Å². The molecule has 0 aliphatic carbocycles. The van der Waals surface area contributed by atoms with Crippen LogP contribution in [-0.2, 0) is 0 Å². The highest BCUT2D eigenvalue weighted by Crippen LogP contribution is 2.44. The molecule has 94 valence electrons. The highest BCUT2D eigenvalue weighted by Gasteiger charge is 2.14. The molecule has 0 amide bonds. The van der Waals surface area contributed by atoms with Gasteiger partial charge in [-0.15, -0.1) is 20.3 Å². The van der Waals surface area contributed by atoms with Crippen molar-refractivity contribution in [3.05, 3.63) is 0 Å². The SMILES string of the molecule is CCCCP(CCCC)C(C)CCC.Cl. The zero-order chi connectivity index (χ0) is 10.8. The molecule has 0 aromatic heterocycles. The van der Waals surface area contributed by atoms with Gasteiger partial charge < -0.3 is 0 Å². The molecule has 15 heavy (non-hydrogen) atoms. The predicted molar refractivity (Wildman–Crippen MR) is 78.1 cm³/mol.